The summed E-state index contributed by atoms with van der Waals surface area (Å²) in [4.78, 5) is 16.0. The molecule has 0 fully saturated rings. The monoisotopic (exact) mass is 299 g/mol. The quantitative estimate of drug-likeness (QED) is 0.734. The van der Waals surface area contributed by atoms with Crippen LogP contribution in [0.25, 0.3) is 11.0 Å². The van der Waals surface area contributed by atoms with Gasteiger partial charge in [0.05, 0.1) is 24.7 Å². The molecule has 0 amide bonds. The summed E-state index contributed by atoms with van der Waals surface area (Å²) in [6.07, 6.45) is 0. The topological polar surface area (TPSA) is 69.3 Å². The smallest absolute Gasteiger partial charge is 0.373 e. The number of anilines is 1. The molecule has 0 unspecified atom stereocenters. The lowest BCUT2D eigenvalue weighted by Crippen LogP contribution is -2.07. The van der Waals surface area contributed by atoms with Gasteiger partial charge in [-0.25, -0.2) is 9.78 Å². The summed E-state index contributed by atoms with van der Waals surface area (Å²) < 4.78 is 12.2. The van der Waals surface area contributed by atoms with E-state index >= 15 is 0 Å². The first kappa shape index (κ1) is 14.2. The first-order valence-corrected chi connectivity index (χ1v) is 7.09. The number of benzene rings is 1. The Morgan fingerprint density at radius 3 is 2.91 bits per heavy atom. The second kappa shape index (κ2) is 5.93. The van der Waals surface area contributed by atoms with Gasteiger partial charge in [-0.1, -0.05) is 12.1 Å². The van der Waals surface area contributed by atoms with Crippen LogP contribution >= 0.6 is 0 Å². The molecule has 114 valence electrons. The molecule has 2 aromatic heterocycles. The molecule has 2 heterocycles. The number of imidazole rings is 1. The second-order valence-electron chi connectivity index (χ2n) is 4.80. The molecule has 1 N–H and O–H groups in total. The molecular formula is C16H17N3O3. The van der Waals surface area contributed by atoms with E-state index in [9.17, 15) is 4.79 Å². The van der Waals surface area contributed by atoms with Crippen molar-refractivity contribution in [1.82, 2.24) is 9.55 Å². The summed E-state index contributed by atoms with van der Waals surface area (Å²) in [7, 11) is 1.33. The number of nitrogens with one attached hydrogen (secondary N) is 1. The van der Waals surface area contributed by atoms with E-state index in [1.807, 2.05) is 35.8 Å². The van der Waals surface area contributed by atoms with Gasteiger partial charge in [0.15, 0.2) is 0 Å². The van der Waals surface area contributed by atoms with E-state index in [1.54, 1.807) is 12.1 Å². The van der Waals surface area contributed by atoms with Crippen molar-refractivity contribution < 1.29 is 13.9 Å². The molecule has 0 saturated carbocycles. The van der Waals surface area contributed by atoms with Crippen molar-refractivity contribution in [1.29, 1.82) is 0 Å². The predicted molar refractivity (Wildman–Crippen MR) is 83.0 cm³/mol. The van der Waals surface area contributed by atoms with Crippen LogP contribution in [0, 0.1) is 0 Å². The molecule has 3 aromatic rings. The minimum absolute atomic E-state index is 0.201. The maximum Gasteiger partial charge on any atom is 0.373 e. The lowest BCUT2D eigenvalue weighted by atomic mass is 10.3. The van der Waals surface area contributed by atoms with Crippen molar-refractivity contribution in [3.63, 3.8) is 0 Å². The van der Waals surface area contributed by atoms with Crippen molar-refractivity contribution in [2.45, 2.75) is 13.5 Å². The molecule has 22 heavy (non-hydrogen) atoms. The zero-order valence-electron chi connectivity index (χ0n) is 12.5. The number of nitrogens with zero attached hydrogens (tertiary/aromatic N) is 2. The molecule has 0 aliphatic carbocycles. The zero-order chi connectivity index (χ0) is 15.5. The number of carbonyl (C=O) groups excluding carboxylic acids is 1. The van der Waals surface area contributed by atoms with Crippen LogP contribution in [0.4, 0.5) is 5.95 Å². The van der Waals surface area contributed by atoms with Crippen molar-refractivity contribution >= 4 is 23.0 Å². The SMILES string of the molecule is CCNc1nc2ccccc2n1Cc1ccc(C(=O)OC)o1. The highest BCUT2D eigenvalue weighted by Gasteiger charge is 2.14. The highest BCUT2D eigenvalue weighted by Crippen LogP contribution is 2.22. The maximum absolute atomic E-state index is 11.5. The molecule has 0 bridgehead atoms. The number of para-hydroxylation sites is 2. The van der Waals surface area contributed by atoms with Crippen LogP contribution < -0.4 is 5.32 Å². The highest BCUT2D eigenvalue weighted by molar-refractivity contribution is 5.86. The van der Waals surface area contributed by atoms with Gasteiger partial charge in [-0.3, -0.25) is 0 Å². The molecule has 1 aromatic carbocycles. The Balaban J connectivity index is 1.97. The molecule has 0 spiro atoms. The van der Waals surface area contributed by atoms with Crippen LogP contribution in [0.3, 0.4) is 0 Å². The van der Waals surface area contributed by atoms with Crippen molar-refractivity contribution in [3.05, 3.63) is 47.9 Å². The largest absolute Gasteiger partial charge is 0.463 e. The third-order valence-corrected chi connectivity index (χ3v) is 3.35. The fourth-order valence-electron chi connectivity index (χ4n) is 2.36. The number of methoxy groups -OCH3 is 1. The molecule has 0 aliphatic rings. The van der Waals surface area contributed by atoms with Crippen LogP contribution in [-0.2, 0) is 11.3 Å². The minimum Gasteiger partial charge on any atom is -0.463 e. The molecular weight excluding hydrogens is 282 g/mol. The standard InChI is InChI=1S/C16H17N3O3/c1-3-17-16-18-12-6-4-5-7-13(12)19(16)10-11-8-9-14(22-11)15(20)21-2/h4-9H,3,10H2,1-2H3,(H,17,18). The molecule has 6 heteroatoms. The number of rotatable bonds is 5. The summed E-state index contributed by atoms with van der Waals surface area (Å²) in [6.45, 7) is 3.28. The van der Waals surface area contributed by atoms with Gasteiger partial charge >= 0.3 is 5.97 Å². The third-order valence-electron chi connectivity index (χ3n) is 3.35. The van der Waals surface area contributed by atoms with Gasteiger partial charge in [-0.15, -0.1) is 0 Å². The van der Waals surface area contributed by atoms with Crippen molar-refractivity contribution in [3.8, 4) is 0 Å². The number of hydrogen-bond donors (Lipinski definition) is 1. The Hall–Kier alpha value is -2.76. The van der Waals surface area contributed by atoms with Gasteiger partial charge in [0.1, 0.15) is 5.76 Å². The normalized spacial score (nSPS) is 10.8. The highest BCUT2D eigenvalue weighted by atomic mass is 16.5. The molecule has 0 aliphatic heterocycles. The molecule has 6 nitrogen and oxygen atoms in total. The summed E-state index contributed by atoms with van der Waals surface area (Å²) in [5.74, 6) is 1.17. The van der Waals surface area contributed by atoms with E-state index in [2.05, 4.69) is 15.0 Å². The number of furan rings is 1. The predicted octanol–water partition coefficient (Wildman–Crippen LogP) is 2.90. The molecule has 0 radical (unpaired) electrons. The van der Waals surface area contributed by atoms with Gasteiger partial charge in [-0.05, 0) is 31.2 Å². The Morgan fingerprint density at radius 1 is 1.32 bits per heavy atom. The van der Waals surface area contributed by atoms with Gasteiger partial charge in [0, 0.05) is 6.54 Å². The fraction of sp³-hybridized carbons (Fsp3) is 0.250. The average Bonchev–Trinajstić information content (AvgIpc) is 3.13. The number of esters is 1. The molecule has 3 rings (SSSR count). The van der Waals surface area contributed by atoms with Gasteiger partial charge in [0.25, 0.3) is 0 Å². The Labute approximate surface area is 127 Å². The summed E-state index contributed by atoms with van der Waals surface area (Å²) in [5.41, 5.74) is 1.92. The Bertz CT molecular complexity index is 804. The number of hydrogen-bond acceptors (Lipinski definition) is 5. The van der Waals surface area contributed by atoms with Crippen LogP contribution in [0.5, 0.6) is 0 Å². The third kappa shape index (κ3) is 2.55. The van der Waals surface area contributed by atoms with Gasteiger partial charge in [0.2, 0.25) is 11.7 Å². The first-order valence-electron chi connectivity index (χ1n) is 7.09. The zero-order valence-corrected chi connectivity index (χ0v) is 12.5. The summed E-state index contributed by atoms with van der Waals surface area (Å²) >= 11 is 0. The average molecular weight is 299 g/mol. The van der Waals surface area contributed by atoms with Crippen LogP contribution in [0.1, 0.15) is 23.2 Å². The van der Waals surface area contributed by atoms with E-state index in [4.69, 9.17) is 4.42 Å². The Morgan fingerprint density at radius 2 is 2.14 bits per heavy atom. The van der Waals surface area contributed by atoms with E-state index in [0.717, 1.165) is 23.5 Å². The number of aromatic nitrogens is 2. The maximum atomic E-state index is 11.5. The van der Waals surface area contributed by atoms with Crippen LogP contribution in [0.2, 0.25) is 0 Å². The number of carbonyl (C=O) groups is 1. The Kier molecular flexibility index (Phi) is 3.82. The van der Waals surface area contributed by atoms with Crippen LogP contribution in [-0.4, -0.2) is 29.2 Å². The van der Waals surface area contributed by atoms with E-state index in [1.165, 1.54) is 7.11 Å². The minimum atomic E-state index is -0.478. The fourth-order valence-corrected chi connectivity index (χ4v) is 2.36. The van der Waals surface area contributed by atoms with E-state index < -0.39 is 5.97 Å². The second-order valence-corrected chi connectivity index (χ2v) is 4.80. The van der Waals surface area contributed by atoms with E-state index in [0.29, 0.717) is 12.3 Å². The van der Waals surface area contributed by atoms with Crippen molar-refractivity contribution in [2.75, 3.05) is 19.0 Å². The lowest BCUT2D eigenvalue weighted by molar-refractivity contribution is 0.0563. The molecule has 0 atom stereocenters. The number of fused-ring (bicyclic) bond motifs is 1. The summed E-state index contributed by atoms with van der Waals surface area (Å²) in [5, 5.41) is 3.25. The van der Waals surface area contributed by atoms with Gasteiger partial charge in [-0.2, -0.15) is 0 Å². The summed E-state index contributed by atoms with van der Waals surface area (Å²) in [6, 6.07) is 11.3. The van der Waals surface area contributed by atoms with Crippen molar-refractivity contribution in [2.24, 2.45) is 0 Å². The van der Waals surface area contributed by atoms with Gasteiger partial charge < -0.3 is 19.0 Å². The van der Waals surface area contributed by atoms with E-state index in [-0.39, 0.29) is 5.76 Å². The lowest BCUT2D eigenvalue weighted by Gasteiger charge is -2.08. The molecule has 0 saturated heterocycles. The van der Waals surface area contributed by atoms with Crippen LogP contribution in [0.15, 0.2) is 40.8 Å². The number of ether oxygens (including phenoxy) is 1. The first-order chi connectivity index (χ1) is 10.7.